The molecule has 0 bridgehead atoms. The number of hydrogen-bond acceptors (Lipinski definition) is 27. The van der Waals surface area contributed by atoms with Crippen molar-refractivity contribution in [3.63, 3.8) is 0 Å². The molecule has 11 N–H and O–H groups in total. The van der Waals surface area contributed by atoms with Gasteiger partial charge >= 0.3 is 30.5 Å². The SMILES string of the molecule is C[C@H](NC(=O)[C@H](CCCCNC(=O)OCc1ccccc1)NC(=O)OCc1ccccc1)C(=O)NCCCOCCOCCOCCCNC(=O)CCOCCOCCOCCOCCOCCC(=O)NCCCOCCOCCOCCCNC(=O)[C@H](CCCCNC(=O)OCc1ccccc1)NC(=O)[C@H](CCCCNC(=O)OCc1ccccc1)NC(=O)OCc1ccccc1. The monoisotopic (exact) mass is 1870 g/mol. The van der Waals surface area contributed by atoms with Crippen LogP contribution in [0.3, 0.4) is 0 Å². The summed E-state index contributed by atoms with van der Waals surface area (Å²) in [4.78, 5) is 141. The van der Waals surface area contributed by atoms with Gasteiger partial charge in [-0.1, -0.05) is 152 Å². The number of amides is 11. The number of alkyl carbamates (subject to hydrolysis) is 5. The molecule has 133 heavy (non-hydrogen) atoms. The molecule has 4 atom stereocenters. The van der Waals surface area contributed by atoms with E-state index in [-0.39, 0.29) is 116 Å². The summed E-state index contributed by atoms with van der Waals surface area (Å²) < 4.78 is 88.1. The Morgan fingerprint density at radius 1 is 0.218 bits per heavy atom. The van der Waals surface area contributed by atoms with Crippen molar-refractivity contribution >= 4 is 65.9 Å². The number of rotatable bonds is 79. The van der Waals surface area contributed by atoms with Crippen molar-refractivity contribution in [1.82, 2.24) is 58.5 Å². The largest absolute Gasteiger partial charge is 0.445 e. The first kappa shape index (κ1) is 112. The Morgan fingerprint density at radius 3 is 0.729 bits per heavy atom. The van der Waals surface area contributed by atoms with E-state index in [2.05, 4.69) is 58.5 Å². The highest BCUT2D eigenvalue weighted by molar-refractivity contribution is 5.92. The van der Waals surface area contributed by atoms with Gasteiger partial charge in [0, 0.05) is 85.1 Å². The molecule has 5 aromatic rings. The zero-order valence-corrected chi connectivity index (χ0v) is 76.9. The normalized spacial score (nSPS) is 11.9. The number of nitrogens with one attached hydrogen (secondary N) is 11. The summed E-state index contributed by atoms with van der Waals surface area (Å²) in [7, 11) is 0. The van der Waals surface area contributed by atoms with Gasteiger partial charge in [-0.15, -0.1) is 0 Å². The number of carbonyl (C=O) groups is 11. The minimum atomic E-state index is -1.10. The summed E-state index contributed by atoms with van der Waals surface area (Å²) in [6.07, 6.45) is 2.60. The van der Waals surface area contributed by atoms with Crippen molar-refractivity contribution in [3.8, 4) is 0 Å². The maximum absolute atomic E-state index is 14.0. The average Bonchev–Trinajstić information content (AvgIpc) is 0.842. The molecule has 0 aliphatic rings. The summed E-state index contributed by atoms with van der Waals surface area (Å²) in [5.41, 5.74) is 4.06. The van der Waals surface area contributed by atoms with Crippen molar-refractivity contribution < 1.29 is 129 Å². The Morgan fingerprint density at radius 2 is 0.444 bits per heavy atom. The molecule has 38 heteroatoms. The molecule has 5 aromatic carbocycles. The third-order valence-electron chi connectivity index (χ3n) is 19.3. The summed E-state index contributed by atoms with van der Waals surface area (Å²) in [5, 5.41) is 30.3. The van der Waals surface area contributed by atoms with Crippen LogP contribution in [0.2, 0.25) is 0 Å². The number of hydrogen-bond donors (Lipinski definition) is 11. The van der Waals surface area contributed by atoms with Gasteiger partial charge in [0.2, 0.25) is 35.4 Å². The van der Waals surface area contributed by atoms with Crippen molar-refractivity contribution in [1.29, 1.82) is 0 Å². The van der Waals surface area contributed by atoms with Gasteiger partial charge in [0.25, 0.3) is 0 Å². The molecule has 0 unspecified atom stereocenters. The Bertz CT molecular complexity index is 3900. The highest BCUT2D eigenvalue weighted by Crippen LogP contribution is 2.12. The second-order valence-electron chi connectivity index (χ2n) is 30.2. The van der Waals surface area contributed by atoms with E-state index in [0.29, 0.717) is 216 Å². The molecule has 0 saturated carbocycles. The van der Waals surface area contributed by atoms with Gasteiger partial charge in [-0.2, -0.15) is 0 Å². The van der Waals surface area contributed by atoms with Gasteiger partial charge in [-0.3, -0.25) is 28.8 Å². The lowest BCUT2D eigenvalue weighted by molar-refractivity contribution is -0.130. The van der Waals surface area contributed by atoms with E-state index >= 15 is 0 Å². The lowest BCUT2D eigenvalue weighted by atomic mass is 10.1. The van der Waals surface area contributed by atoms with Crippen LogP contribution >= 0.6 is 0 Å². The first-order valence-electron chi connectivity index (χ1n) is 45.9. The molecular formula is C95H141N11O27. The standard InChI is InChI=1S/C95H141N11O27/c1-76(103-89(111)83(105-94(116)132-74-80-33-13-5-14-34-80)38-18-21-43-101-92(114)130-72-78-29-9-3-10-30-78)87(109)98-47-25-51-120-57-63-124-61-55-118-49-23-45-96-85(107)40-53-122-59-65-126-67-69-128-70-68-127-66-60-123-54-41-86(108)97-46-24-50-119-56-62-125-64-58-121-52-26-48-99-88(110)82(37-17-20-42-100-91(113)129-71-77-27-7-2-8-28-77)104-90(112)84(106-95(117)133-75-81-35-15-6-16-36-81)39-19-22-44-102-93(115)131-73-79-31-11-4-12-32-79/h2-16,27-36,76,82-84H,17-26,37-75H2,1H3,(H,96,107)(H,97,108)(H,98,109)(H,99,110)(H,100,113)(H,101,114)(H,102,115)(H,103,111)(H,104,112)(H,105,116)(H,106,117)/t76-,82-,83-,84-/m0/s1. The van der Waals surface area contributed by atoms with Crippen LogP contribution in [0, 0.1) is 0 Å². The van der Waals surface area contributed by atoms with Crippen LogP contribution in [0.25, 0.3) is 0 Å². The van der Waals surface area contributed by atoms with Crippen LogP contribution in [0.4, 0.5) is 24.0 Å². The lowest BCUT2D eigenvalue weighted by Gasteiger charge is -2.23. The third-order valence-corrected chi connectivity index (χ3v) is 19.3. The smallest absolute Gasteiger partial charge is 0.408 e. The average molecular weight is 1870 g/mol. The van der Waals surface area contributed by atoms with Gasteiger partial charge in [0.15, 0.2) is 0 Å². The second-order valence-corrected chi connectivity index (χ2v) is 30.2. The first-order chi connectivity index (χ1) is 65.1. The molecule has 0 aliphatic carbocycles. The fourth-order valence-electron chi connectivity index (χ4n) is 12.0. The highest BCUT2D eigenvalue weighted by Gasteiger charge is 2.29. The van der Waals surface area contributed by atoms with Crippen molar-refractivity contribution in [2.75, 3.05) is 191 Å². The summed E-state index contributed by atoms with van der Waals surface area (Å²) in [6.45, 7) is 11.9. The topological polar surface area (TPSA) is 468 Å². The Kier molecular flexibility index (Phi) is 65.3. The zero-order chi connectivity index (χ0) is 95.0. The predicted molar refractivity (Wildman–Crippen MR) is 491 cm³/mol. The molecule has 738 valence electrons. The molecule has 0 fully saturated rings. The maximum atomic E-state index is 14.0. The quantitative estimate of drug-likeness (QED) is 0.0130. The van der Waals surface area contributed by atoms with Crippen molar-refractivity contribution in [2.45, 2.75) is 160 Å². The van der Waals surface area contributed by atoms with E-state index in [9.17, 15) is 52.7 Å². The molecule has 0 radical (unpaired) electrons. The fraction of sp³-hybridized carbons (Fsp3) is 0.568. The number of benzene rings is 5. The lowest BCUT2D eigenvalue weighted by Crippen LogP contribution is -2.54. The van der Waals surface area contributed by atoms with E-state index in [1.54, 1.807) is 19.1 Å². The summed E-state index contributed by atoms with van der Waals surface area (Å²) in [6, 6.07) is 42.0. The van der Waals surface area contributed by atoms with E-state index in [1.807, 2.05) is 140 Å². The number of unbranched alkanes of at least 4 members (excludes halogenated alkanes) is 3. The minimum Gasteiger partial charge on any atom is -0.445 e. The molecule has 0 aliphatic heterocycles. The van der Waals surface area contributed by atoms with Gasteiger partial charge in [-0.25, -0.2) is 24.0 Å². The van der Waals surface area contributed by atoms with Gasteiger partial charge in [-0.05, 0) is 118 Å². The van der Waals surface area contributed by atoms with Gasteiger partial charge in [0.1, 0.15) is 57.2 Å². The molecular weight excluding hydrogens is 1730 g/mol. The Balaban J connectivity index is 0.757. The second kappa shape index (κ2) is 77.3. The minimum absolute atomic E-state index is 0.00642. The Hall–Kier alpha value is -11.2. The predicted octanol–water partition coefficient (Wildman–Crippen LogP) is 7.84. The maximum Gasteiger partial charge on any atom is 0.408 e. The van der Waals surface area contributed by atoms with E-state index in [1.165, 1.54) is 0 Å². The fourth-order valence-corrected chi connectivity index (χ4v) is 12.0. The summed E-state index contributed by atoms with van der Waals surface area (Å²) >= 11 is 0. The van der Waals surface area contributed by atoms with Gasteiger partial charge in [0.05, 0.1) is 119 Å². The van der Waals surface area contributed by atoms with Gasteiger partial charge < -0.3 is 134 Å². The molecule has 0 heterocycles. The molecule has 11 amide bonds. The Labute approximate surface area is 780 Å². The molecule has 0 spiro atoms. The van der Waals surface area contributed by atoms with Crippen molar-refractivity contribution in [2.24, 2.45) is 0 Å². The van der Waals surface area contributed by atoms with Crippen LogP contribution < -0.4 is 58.5 Å². The number of carbonyl (C=O) groups excluding carboxylic acids is 11. The zero-order valence-electron chi connectivity index (χ0n) is 76.9. The van der Waals surface area contributed by atoms with E-state index in [4.69, 9.17) is 75.8 Å². The molecule has 0 aromatic heterocycles. The van der Waals surface area contributed by atoms with Crippen LogP contribution in [0.1, 0.15) is 131 Å². The molecule has 0 saturated heterocycles. The highest BCUT2D eigenvalue weighted by atomic mass is 16.6. The van der Waals surface area contributed by atoms with E-state index < -0.39 is 78.3 Å². The van der Waals surface area contributed by atoms with Crippen LogP contribution in [-0.2, 0) is 138 Å². The van der Waals surface area contributed by atoms with Crippen LogP contribution in [0.15, 0.2) is 152 Å². The molecule has 38 nitrogen and oxygen atoms in total. The third kappa shape index (κ3) is 62.0. The van der Waals surface area contributed by atoms with E-state index in [0.717, 1.165) is 27.8 Å². The molecule has 5 rings (SSSR count). The summed E-state index contributed by atoms with van der Waals surface area (Å²) in [5.74, 6) is -2.26. The van der Waals surface area contributed by atoms with Crippen LogP contribution in [-0.4, -0.2) is 281 Å². The van der Waals surface area contributed by atoms with Crippen molar-refractivity contribution in [3.05, 3.63) is 179 Å². The van der Waals surface area contributed by atoms with Crippen LogP contribution in [0.5, 0.6) is 0 Å². The number of ether oxygens (including phenoxy) is 16. The first-order valence-corrected chi connectivity index (χ1v) is 45.9.